The summed E-state index contributed by atoms with van der Waals surface area (Å²) in [5.74, 6) is 0. The fourth-order valence-corrected chi connectivity index (χ4v) is 0. The highest BCUT2D eigenvalue weighted by Gasteiger charge is 1.67. The van der Waals surface area contributed by atoms with Crippen LogP contribution in [-0.2, 0) is 0 Å². The zero-order valence-electron chi connectivity index (χ0n) is 6.06. The lowest BCUT2D eigenvalue weighted by molar-refractivity contribution is 1.08. The summed E-state index contributed by atoms with van der Waals surface area (Å²) in [4.78, 5) is 0. The SMILES string of the molecule is C=C(N)CC.C=CCN. The highest BCUT2D eigenvalue weighted by molar-refractivity contribution is 4.82. The molecule has 0 aromatic rings. The van der Waals surface area contributed by atoms with Crippen LogP contribution < -0.4 is 11.5 Å². The van der Waals surface area contributed by atoms with Crippen molar-refractivity contribution in [2.45, 2.75) is 13.3 Å². The van der Waals surface area contributed by atoms with Gasteiger partial charge < -0.3 is 11.5 Å². The summed E-state index contributed by atoms with van der Waals surface area (Å²) in [6.45, 7) is 9.36. The van der Waals surface area contributed by atoms with Crippen LogP contribution in [0.2, 0.25) is 0 Å². The van der Waals surface area contributed by atoms with Gasteiger partial charge in [0.2, 0.25) is 0 Å². The van der Waals surface area contributed by atoms with Crippen molar-refractivity contribution in [1.29, 1.82) is 0 Å². The van der Waals surface area contributed by atoms with Gasteiger partial charge in [0, 0.05) is 12.2 Å². The third-order valence-corrected chi connectivity index (χ3v) is 0.621. The highest BCUT2D eigenvalue weighted by atomic mass is 14.5. The number of hydrogen-bond acceptors (Lipinski definition) is 2. The Hall–Kier alpha value is -0.760. The maximum atomic E-state index is 5.10. The highest BCUT2D eigenvalue weighted by Crippen LogP contribution is 1.79. The molecule has 0 radical (unpaired) electrons. The van der Waals surface area contributed by atoms with Crippen LogP contribution in [0.3, 0.4) is 0 Å². The third-order valence-electron chi connectivity index (χ3n) is 0.621. The first-order valence-electron chi connectivity index (χ1n) is 2.93. The molecular weight excluding hydrogens is 112 g/mol. The predicted molar refractivity (Wildman–Crippen MR) is 42.9 cm³/mol. The Morgan fingerprint density at radius 2 is 1.89 bits per heavy atom. The van der Waals surface area contributed by atoms with E-state index in [1.165, 1.54) is 0 Å². The van der Waals surface area contributed by atoms with Crippen molar-refractivity contribution in [2.75, 3.05) is 6.54 Å². The van der Waals surface area contributed by atoms with E-state index in [2.05, 4.69) is 13.2 Å². The molecule has 0 aliphatic carbocycles. The Morgan fingerprint density at radius 1 is 1.67 bits per heavy atom. The minimum Gasteiger partial charge on any atom is -0.403 e. The van der Waals surface area contributed by atoms with Crippen LogP contribution in [0.4, 0.5) is 0 Å². The van der Waals surface area contributed by atoms with E-state index in [0.717, 1.165) is 12.1 Å². The van der Waals surface area contributed by atoms with Gasteiger partial charge in [-0.25, -0.2) is 0 Å². The van der Waals surface area contributed by atoms with Crippen molar-refractivity contribution in [3.63, 3.8) is 0 Å². The van der Waals surface area contributed by atoms with Crippen molar-refractivity contribution < 1.29 is 0 Å². The summed E-state index contributed by atoms with van der Waals surface area (Å²) in [6, 6.07) is 0. The lowest BCUT2D eigenvalue weighted by atomic mass is 10.4. The van der Waals surface area contributed by atoms with Crippen molar-refractivity contribution in [3.05, 3.63) is 24.9 Å². The average Bonchev–Trinajstić information content (AvgIpc) is 1.89. The van der Waals surface area contributed by atoms with E-state index in [1.807, 2.05) is 6.92 Å². The quantitative estimate of drug-likeness (QED) is 0.545. The first-order chi connectivity index (χ1) is 4.18. The van der Waals surface area contributed by atoms with E-state index in [0.29, 0.717) is 6.54 Å². The molecule has 0 heterocycles. The molecule has 0 amide bonds. The zero-order chi connectivity index (χ0) is 7.70. The minimum absolute atomic E-state index is 0.583. The van der Waals surface area contributed by atoms with E-state index in [9.17, 15) is 0 Å². The van der Waals surface area contributed by atoms with Crippen molar-refractivity contribution in [1.82, 2.24) is 0 Å². The molecule has 0 fully saturated rings. The fraction of sp³-hybridized carbons (Fsp3) is 0.429. The van der Waals surface area contributed by atoms with Crippen LogP contribution in [0.15, 0.2) is 24.9 Å². The number of nitrogens with two attached hydrogens (primary N) is 2. The minimum atomic E-state index is 0.583. The second-order valence-electron chi connectivity index (χ2n) is 1.54. The monoisotopic (exact) mass is 128 g/mol. The van der Waals surface area contributed by atoms with Crippen LogP contribution in [0.5, 0.6) is 0 Å². The maximum Gasteiger partial charge on any atom is 0.0104 e. The molecule has 0 rings (SSSR count). The van der Waals surface area contributed by atoms with Crippen LogP contribution in [0.25, 0.3) is 0 Å². The summed E-state index contributed by atoms with van der Waals surface area (Å²) in [5, 5.41) is 0. The fourth-order valence-electron chi connectivity index (χ4n) is 0. The number of allylic oxidation sites excluding steroid dienone is 1. The molecule has 0 saturated heterocycles. The molecular formula is C7H16N2. The number of rotatable bonds is 2. The van der Waals surface area contributed by atoms with Crippen LogP contribution in [0, 0.1) is 0 Å². The molecule has 0 bridgehead atoms. The average molecular weight is 128 g/mol. The molecule has 2 nitrogen and oxygen atoms in total. The van der Waals surface area contributed by atoms with Gasteiger partial charge in [-0.3, -0.25) is 0 Å². The topological polar surface area (TPSA) is 52.0 Å². The third kappa shape index (κ3) is 39.6. The number of hydrogen-bond donors (Lipinski definition) is 2. The summed E-state index contributed by atoms with van der Waals surface area (Å²) in [7, 11) is 0. The smallest absolute Gasteiger partial charge is 0.0104 e. The van der Waals surface area contributed by atoms with Crippen molar-refractivity contribution in [2.24, 2.45) is 11.5 Å². The molecule has 0 aromatic carbocycles. The first-order valence-corrected chi connectivity index (χ1v) is 2.93. The van der Waals surface area contributed by atoms with Crippen molar-refractivity contribution in [3.8, 4) is 0 Å². The molecule has 0 aromatic heterocycles. The summed E-state index contributed by atoms with van der Waals surface area (Å²) >= 11 is 0. The van der Waals surface area contributed by atoms with E-state index < -0.39 is 0 Å². The Kier molecular flexibility index (Phi) is 12.7. The van der Waals surface area contributed by atoms with E-state index >= 15 is 0 Å². The molecule has 2 heteroatoms. The molecule has 4 N–H and O–H groups in total. The van der Waals surface area contributed by atoms with Gasteiger partial charge in [0.15, 0.2) is 0 Å². The molecule has 9 heavy (non-hydrogen) atoms. The molecule has 0 aliphatic rings. The van der Waals surface area contributed by atoms with Gasteiger partial charge in [0.05, 0.1) is 0 Å². The summed E-state index contributed by atoms with van der Waals surface area (Å²) in [5.41, 5.74) is 10.8. The van der Waals surface area contributed by atoms with Gasteiger partial charge >= 0.3 is 0 Å². The Morgan fingerprint density at radius 3 is 1.89 bits per heavy atom. The first kappa shape index (κ1) is 11.1. The molecule has 54 valence electrons. The normalized spacial score (nSPS) is 6.89. The maximum absolute atomic E-state index is 5.10. The standard InChI is InChI=1S/C4H9N.C3H7N/c1-3-4(2)5;1-2-3-4/h2-3,5H2,1H3;2H,1,3-4H2. The Labute approximate surface area is 57.2 Å². The van der Waals surface area contributed by atoms with Crippen molar-refractivity contribution >= 4 is 0 Å². The van der Waals surface area contributed by atoms with Gasteiger partial charge in [-0.2, -0.15) is 0 Å². The second kappa shape index (κ2) is 10.3. The Bertz CT molecular complexity index is 77.0. The van der Waals surface area contributed by atoms with Gasteiger partial charge in [-0.15, -0.1) is 6.58 Å². The summed E-state index contributed by atoms with van der Waals surface area (Å²) in [6.07, 6.45) is 2.54. The lowest BCUT2D eigenvalue weighted by Crippen LogP contribution is -1.90. The largest absolute Gasteiger partial charge is 0.403 e. The van der Waals surface area contributed by atoms with E-state index in [-0.39, 0.29) is 0 Å². The zero-order valence-corrected chi connectivity index (χ0v) is 6.06. The van der Waals surface area contributed by atoms with Gasteiger partial charge in [0.1, 0.15) is 0 Å². The predicted octanol–water partition coefficient (Wildman–Crippen LogP) is 1.000. The van der Waals surface area contributed by atoms with Gasteiger partial charge in [-0.05, 0) is 6.42 Å². The second-order valence-corrected chi connectivity index (χ2v) is 1.54. The van der Waals surface area contributed by atoms with Crippen LogP contribution in [-0.4, -0.2) is 6.54 Å². The molecule has 0 saturated carbocycles. The molecule has 0 unspecified atom stereocenters. The lowest BCUT2D eigenvalue weighted by Gasteiger charge is -1.81. The summed E-state index contributed by atoms with van der Waals surface area (Å²) < 4.78 is 0. The van der Waals surface area contributed by atoms with E-state index in [1.54, 1.807) is 6.08 Å². The van der Waals surface area contributed by atoms with Crippen LogP contribution in [0.1, 0.15) is 13.3 Å². The molecule has 0 spiro atoms. The van der Waals surface area contributed by atoms with Crippen LogP contribution >= 0.6 is 0 Å². The van der Waals surface area contributed by atoms with E-state index in [4.69, 9.17) is 11.5 Å². The molecule has 0 atom stereocenters. The van der Waals surface area contributed by atoms with Gasteiger partial charge in [0.25, 0.3) is 0 Å². The van der Waals surface area contributed by atoms with Gasteiger partial charge in [-0.1, -0.05) is 19.6 Å². The molecule has 0 aliphatic heterocycles. The Balaban J connectivity index is 0.